The molecular formula is C12H12F2N2O3. The van der Waals surface area contributed by atoms with Crippen molar-refractivity contribution < 1.29 is 23.5 Å². The van der Waals surface area contributed by atoms with Gasteiger partial charge in [-0.1, -0.05) is 0 Å². The number of carboxylic acid groups (broad SMARTS) is 1. The van der Waals surface area contributed by atoms with E-state index >= 15 is 0 Å². The van der Waals surface area contributed by atoms with Crippen molar-refractivity contribution in [1.29, 1.82) is 0 Å². The first-order valence-corrected chi connectivity index (χ1v) is 5.82. The van der Waals surface area contributed by atoms with Crippen LogP contribution in [-0.4, -0.2) is 40.0 Å². The lowest BCUT2D eigenvalue weighted by Crippen LogP contribution is -2.42. The number of carboxylic acids is 1. The van der Waals surface area contributed by atoms with Crippen molar-refractivity contribution in [1.82, 2.24) is 9.88 Å². The SMILES string of the molecule is O=C(O)[C@@H]1CCCN(C(=O)c2ccnc(F)c2F)C1. The molecule has 0 unspecified atom stereocenters. The molecule has 1 atom stereocenters. The van der Waals surface area contributed by atoms with Crippen molar-refractivity contribution in [3.05, 3.63) is 29.6 Å². The fourth-order valence-electron chi connectivity index (χ4n) is 2.12. The fourth-order valence-corrected chi connectivity index (χ4v) is 2.12. The summed E-state index contributed by atoms with van der Waals surface area (Å²) in [6, 6.07) is 1.09. The van der Waals surface area contributed by atoms with Crippen LogP contribution in [0.2, 0.25) is 0 Å². The number of piperidine rings is 1. The van der Waals surface area contributed by atoms with Gasteiger partial charge in [0.15, 0.2) is 5.82 Å². The summed E-state index contributed by atoms with van der Waals surface area (Å²) in [6.45, 7) is 0.351. The van der Waals surface area contributed by atoms with Crippen LogP contribution in [0.4, 0.5) is 8.78 Å². The zero-order valence-corrected chi connectivity index (χ0v) is 9.97. The number of amides is 1. The molecule has 1 aromatic rings. The van der Waals surface area contributed by atoms with Crippen LogP contribution in [0.15, 0.2) is 12.3 Å². The first-order valence-electron chi connectivity index (χ1n) is 5.82. The van der Waals surface area contributed by atoms with E-state index in [1.54, 1.807) is 0 Å². The van der Waals surface area contributed by atoms with E-state index in [4.69, 9.17) is 5.11 Å². The van der Waals surface area contributed by atoms with Crippen molar-refractivity contribution in [2.24, 2.45) is 5.92 Å². The smallest absolute Gasteiger partial charge is 0.308 e. The van der Waals surface area contributed by atoms with E-state index in [0.29, 0.717) is 19.4 Å². The molecule has 2 rings (SSSR count). The third kappa shape index (κ3) is 2.69. The Kier molecular flexibility index (Phi) is 3.73. The fraction of sp³-hybridized carbons (Fsp3) is 0.417. The quantitative estimate of drug-likeness (QED) is 0.822. The van der Waals surface area contributed by atoms with E-state index in [1.165, 1.54) is 4.90 Å². The normalized spacial score (nSPS) is 19.3. The van der Waals surface area contributed by atoms with Gasteiger partial charge in [-0.3, -0.25) is 9.59 Å². The highest BCUT2D eigenvalue weighted by Gasteiger charge is 2.30. The van der Waals surface area contributed by atoms with Crippen LogP contribution in [0.1, 0.15) is 23.2 Å². The van der Waals surface area contributed by atoms with E-state index in [-0.39, 0.29) is 6.54 Å². The van der Waals surface area contributed by atoms with Crippen LogP contribution < -0.4 is 0 Å². The van der Waals surface area contributed by atoms with Crippen molar-refractivity contribution >= 4 is 11.9 Å². The molecule has 5 nitrogen and oxygen atoms in total. The molecule has 1 aromatic heterocycles. The molecule has 0 saturated carbocycles. The first kappa shape index (κ1) is 13.4. The van der Waals surface area contributed by atoms with Crippen LogP contribution in [-0.2, 0) is 4.79 Å². The zero-order chi connectivity index (χ0) is 14.0. The number of carbonyl (C=O) groups excluding carboxylic acids is 1. The number of aromatic nitrogens is 1. The molecule has 1 fully saturated rings. The predicted molar refractivity (Wildman–Crippen MR) is 60.4 cm³/mol. The largest absolute Gasteiger partial charge is 0.481 e. The van der Waals surface area contributed by atoms with Crippen molar-refractivity contribution in [2.45, 2.75) is 12.8 Å². The number of nitrogens with zero attached hydrogens (tertiary/aromatic N) is 2. The molecule has 19 heavy (non-hydrogen) atoms. The molecule has 1 aliphatic heterocycles. The van der Waals surface area contributed by atoms with Crippen LogP contribution in [0.5, 0.6) is 0 Å². The van der Waals surface area contributed by atoms with Gasteiger partial charge in [0, 0.05) is 19.3 Å². The van der Waals surface area contributed by atoms with Gasteiger partial charge >= 0.3 is 5.97 Å². The van der Waals surface area contributed by atoms with E-state index in [1.807, 2.05) is 0 Å². The maximum atomic E-state index is 13.5. The molecule has 2 heterocycles. The van der Waals surface area contributed by atoms with Gasteiger partial charge in [-0.15, -0.1) is 0 Å². The average molecular weight is 270 g/mol. The minimum Gasteiger partial charge on any atom is -0.481 e. The van der Waals surface area contributed by atoms with Crippen molar-refractivity contribution in [3.8, 4) is 0 Å². The van der Waals surface area contributed by atoms with Crippen LogP contribution in [0.25, 0.3) is 0 Å². The zero-order valence-electron chi connectivity index (χ0n) is 9.97. The Morgan fingerprint density at radius 2 is 2.16 bits per heavy atom. The van der Waals surface area contributed by atoms with Crippen molar-refractivity contribution in [2.75, 3.05) is 13.1 Å². The van der Waals surface area contributed by atoms with Gasteiger partial charge in [0.2, 0.25) is 5.95 Å². The Morgan fingerprint density at radius 3 is 2.84 bits per heavy atom. The molecule has 102 valence electrons. The molecule has 7 heteroatoms. The standard InChI is InChI=1S/C12H12F2N2O3/c13-9-8(3-4-15-10(9)14)11(17)16-5-1-2-7(6-16)12(18)19/h3-4,7H,1-2,5-6H2,(H,18,19)/t7-/m1/s1. The second-order valence-electron chi connectivity index (χ2n) is 4.39. The number of pyridine rings is 1. The maximum absolute atomic E-state index is 13.5. The van der Waals surface area contributed by atoms with Crippen molar-refractivity contribution in [3.63, 3.8) is 0 Å². The van der Waals surface area contributed by atoms with E-state index < -0.39 is 35.1 Å². The predicted octanol–water partition coefficient (Wildman–Crippen LogP) is 1.30. The molecular weight excluding hydrogens is 258 g/mol. The van der Waals surface area contributed by atoms with E-state index in [2.05, 4.69) is 4.98 Å². The number of likely N-dealkylation sites (tertiary alicyclic amines) is 1. The number of carbonyl (C=O) groups is 2. The number of hydrogen-bond acceptors (Lipinski definition) is 3. The summed E-state index contributed by atoms with van der Waals surface area (Å²) in [5.74, 6) is -4.99. The summed E-state index contributed by atoms with van der Waals surface area (Å²) in [4.78, 5) is 27.3. The van der Waals surface area contributed by atoms with Gasteiger partial charge in [0.25, 0.3) is 5.91 Å². The Morgan fingerprint density at radius 1 is 1.42 bits per heavy atom. The summed E-state index contributed by atoms with van der Waals surface area (Å²) < 4.78 is 26.4. The Hall–Kier alpha value is -2.05. The second kappa shape index (κ2) is 5.29. The molecule has 1 saturated heterocycles. The third-order valence-corrected chi connectivity index (χ3v) is 3.13. The van der Waals surface area contributed by atoms with E-state index in [9.17, 15) is 18.4 Å². The highest BCUT2D eigenvalue weighted by molar-refractivity contribution is 5.94. The minimum absolute atomic E-state index is 0.0115. The second-order valence-corrected chi connectivity index (χ2v) is 4.39. The summed E-state index contributed by atoms with van der Waals surface area (Å²) in [6.07, 6.45) is 2.01. The Balaban J connectivity index is 2.19. The molecule has 0 aromatic carbocycles. The molecule has 0 aliphatic carbocycles. The third-order valence-electron chi connectivity index (χ3n) is 3.13. The van der Waals surface area contributed by atoms with E-state index in [0.717, 1.165) is 12.3 Å². The Bertz CT molecular complexity index is 522. The summed E-state index contributed by atoms with van der Waals surface area (Å²) in [5, 5.41) is 8.93. The summed E-state index contributed by atoms with van der Waals surface area (Å²) in [7, 11) is 0. The first-order chi connectivity index (χ1) is 9.00. The highest BCUT2D eigenvalue weighted by Crippen LogP contribution is 2.20. The van der Waals surface area contributed by atoms with Crippen LogP contribution in [0.3, 0.4) is 0 Å². The Labute approximate surface area is 107 Å². The number of aliphatic carboxylic acids is 1. The van der Waals surface area contributed by atoms with Crippen LogP contribution >= 0.6 is 0 Å². The topological polar surface area (TPSA) is 70.5 Å². The lowest BCUT2D eigenvalue weighted by Gasteiger charge is -2.30. The molecule has 0 spiro atoms. The van der Waals surface area contributed by atoms with Gasteiger partial charge in [-0.25, -0.2) is 9.37 Å². The van der Waals surface area contributed by atoms with Gasteiger partial charge in [0.05, 0.1) is 11.5 Å². The van der Waals surface area contributed by atoms with Gasteiger partial charge in [0.1, 0.15) is 0 Å². The van der Waals surface area contributed by atoms with Gasteiger partial charge in [-0.2, -0.15) is 4.39 Å². The molecule has 1 N–H and O–H groups in total. The lowest BCUT2D eigenvalue weighted by atomic mass is 9.97. The molecule has 0 bridgehead atoms. The average Bonchev–Trinajstić information content (AvgIpc) is 2.41. The van der Waals surface area contributed by atoms with Gasteiger partial charge in [-0.05, 0) is 18.9 Å². The summed E-state index contributed by atoms with van der Waals surface area (Å²) in [5.41, 5.74) is -0.418. The monoisotopic (exact) mass is 270 g/mol. The maximum Gasteiger partial charge on any atom is 0.308 e. The van der Waals surface area contributed by atoms with Gasteiger partial charge < -0.3 is 10.0 Å². The molecule has 1 amide bonds. The minimum atomic E-state index is -1.34. The number of halogens is 2. The highest BCUT2D eigenvalue weighted by atomic mass is 19.2. The number of hydrogen-bond donors (Lipinski definition) is 1. The molecule has 0 radical (unpaired) electrons. The summed E-state index contributed by atoms with van der Waals surface area (Å²) >= 11 is 0. The van der Waals surface area contributed by atoms with Crippen LogP contribution in [0, 0.1) is 17.7 Å². The lowest BCUT2D eigenvalue weighted by molar-refractivity contribution is -0.143. The molecule has 1 aliphatic rings. The number of rotatable bonds is 2.